The third-order valence-electron chi connectivity index (χ3n) is 10.5. The Hall–Kier alpha value is -2.17. The highest BCUT2D eigenvalue weighted by atomic mass is 16.7. The second kappa shape index (κ2) is 10.0. The van der Waals surface area contributed by atoms with Gasteiger partial charge in [0.05, 0.1) is 36.4 Å². The summed E-state index contributed by atoms with van der Waals surface area (Å²) in [7, 11) is 0. The van der Waals surface area contributed by atoms with E-state index in [1.54, 1.807) is 6.26 Å². The summed E-state index contributed by atoms with van der Waals surface area (Å²) in [5.41, 5.74) is -2.95. The number of carbonyl (C=O) groups is 3. The number of esters is 3. The molecule has 5 aliphatic rings. The first-order valence-electron chi connectivity index (χ1n) is 14.2. The van der Waals surface area contributed by atoms with E-state index < -0.39 is 58.9 Å². The van der Waals surface area contributed by atoms with Gasteiger partial charge in [-0.1, -0.05) is 27.7 Å². The van der Waals surface area contributed by atoms with Gasteiger partial charge in [-0.15, -0.1) is 0 Å². The van der Waals surface area contributed by atoms with Crippen LogP contribution in [0.4, 0.5) is 0 Å². The van der Waals surface area contributed by atoms with Crippen molar-refractivity contribution in [3.8, 4) is 0 Å². The van der Waals surface area contributed by atoms with E-state index in [0.717, 1.165) is 0 Å². The number of hydrogen-bond acceptors (Lipinski definition) is 10. The zero-order chi connectivity index (χ0) is 28.3. The summed E-state index contributed by atoms with van der Waals surface area (Å²) in [6, 6.07) is 0. The van der Waals surface area contributed by atoms with Gasteiger partial charge in [-0.05, 0) is 31.3 Å². The minimum atomic E-state index is -1.18. The third kappa shape index (κ3) is 4.28. The highest BCUT2D eigenvalue weighted by molar-refractivity contribution is 5.72. The minimum Gasteiger partial charge on any atom is -0.472 e. The van der Waals surface area contributed by atoms with Crippen LogP contribution in [0, 0.1) is 34.5 Å². The van der Waals surface area contributed by atoms with E-state index in [4.69, 9.17) is 28.4 Å². The molecular formula is C29H42O10. The van der Waals surface area contributed by atoms with Crippen molar-refractivity contribution in [3.63, 3.8) is 0 Å². The van der Waals surface area contributed by atoms with Crippen LogP contribution in [0.1, 0.15) is 67.2 Å². The van der Waals surface area contributed by atoms with Gasteiger partial charge in [0, 0.05) is 37.5 Å². The Morgan fingerprint density at radius 2 is 1.85 bits per heavy atom. The molecule has 5 rings (SSSR count). The van der Waals surface area contributed by atoms with Gasteiger partial charge in [0.1, 0.15) is 24.4 Å². The first-order chi connectivity index (χ1) is 18.4. The fourth-order valence-corrected chi connectivity index (χ4v) is 8.06. The Morgan fingerprint density at radius 3 is 2.44 bits per heavy atom. The van der Waals surface area contributed by atoms with E-state index in [9.17, 15) is 19.5 Å². The lowest BCUT2D eigenvalue weighted by atomic mass is 9.41. The molecule has 0 bridgehead atoms. The Labute approximate surface area is 229 Å². The van der Waals surface area contributed by atoms with E-state index >= 15 is 0 Å². The molecule has 218 valence electrons. The van der Waals surface area contributed by atoms with Gasteiger partial charge in [-0.25, -0.2) is 0 Å². The maximum absolute atomic E-state index is 13.2. The average Bonchev–Trinajstić information content (AvgIpc) is 3.38. The van der Waals surface area contributed by atoms with Crippen molar-refractivity contribution in [2.75, 3.05) is 13.2 Å². The molecule has 12 unspecified atom stereocenters. The maximum Gasteiger partial charge on any atom is 0.308 e. The molecule has 0 aromatic rings. The zero-order valence-corrected chi connectivity index (χ0v) is 23.7. The third-order valence-corrected chi connectivity index (χ3v) is 10.5. The van der Waals surface area contributed by atoms with Crippen LogP contribution in [0.25, 0.3) is 0 Å². The molecule has 0 radical (unpaired) electrons. The summed E-state index contributed by atoms with van der Waals surface area (Å²) >= 11 is 0. The molecule has 10 nitrogen and oxygen atoms in total. The van der Waals surface area contributed by atoms with Crippen LogP contribution >= 0.6 is 0 Å². The van der Waals surface area contributed by atoms with Crippen LogP contribution in [0.3, 0.4) is 0 Å². The largest absolute Gasteiger partial charge is 0.472 e. The van der Waals surface area contributed by atoms with E-state index in [2.05, 4.69) is 13.8 Å². The average molecular weight is 551 g/mol. The Kier molecular flexibility index (Phi) is 7.29. The smallest absolute Gasteiger partial charge is 0.308 e. The van der Waals surface area contributed by atoms with Gasteiger partial charge < -0.3 is 33.5 Å². The highest BCUT2D eigenvalue weighted by Gasteiger charge is 2.81. The molecule has 0 amide bonds. The van der Waals surface area contributed by atoms with Crippen LogP contribution in [0.2, 0.25) is 0 Å². The predicted molar refractivity (Wildman–Crippen MR) is 136 cm³/mol. The summed E-state index contributed by atoms with van der Waals surface area (Å²) in [5, 5.41) is 11.6. The first-order valence-corrected chi connectivity index (χ1v) is 14.2. The van der Waals surface area contributed by atoms with Gasteiger partial charge in [0.2, 0.25) is 6.29 Å². The molecule has 1 spiro atoms. The molecule has 2 saturated heterocycles. The van der Waals surface area contributed by atoms with Gasteiger partial charge >= 0.3 is 17.9 Å². The van der Waals surface area contributed by atoms with E-state index in [0.29, 0.717) is 19.3 Å². The number of aliphatic hydroxyl groups excluding tert-OH is 1. The lowest BCUT2D eigenvalue weighted by molar-refractivity contribution is -0.293. The SMILES string of the molecule is CCC(C)C(=O)OC1CC(O)C2(CO2)C2(COC(C)=O)C(OC(C)=O)CC(C)C(C)(C3CC4C=COC4O3)C12. The Balaban J connectivity index is 1.68. The normalized spacial score (nSPS) is 46.5. The lowest BCUT2D eigenvalue weighted by Crippen LogP contribution is -2.75. The Bertz CT molecular complexity index is 1020. The van der Waals surface area contributed by atoms with E-state index in [-0.39, 0.29) is 49.5 Å². The van der Waals surface area contributed by atoms with Gasteiger partial charge in [0.15, 0.2) is 0 Å². The molecule has 2 aliphatic carbocycles. The standard InChI is InChI=1S/C29H42O10/c1-7-15(2)25(33)38-20-12-21(32)29(14-36-29)28(13-35-17(4)30)23(37-18(5)31)10-16(3)27(6,24(20)28)22-11-19-8-9-34-26(19)39-22/h8-9,15-16,19-24,26,32H,7,10-14H2,1-6H3. The molecule has 10 heteroatoms. The van der Waals surface area contributed by atoms with Crippen LogP contribution in [-0.2, 0) is 42.8 Å². The number of ether oxygens (including phenoxy) is 6. The summed E-state index contributed by atoms with van der Waals surface area (Å²) in [6.45, 7) is 10.7. The predicted octanol–water partition coefficient (Wildman–Crippen LogP) is 2.90. The number of fused-ring (bicyclic) bond motifs is 3. The van der Waals surface area contributed by atoms with Crippen LogP contribution < -0.4 is 0 Å². The van der Waals surface area contributed by atoms with Crippen molar-refractivity contribution in [1.29, 1.82) is 0 Å². The first kappa shape index (κ1) is 28.4. The van der Waals surface area contributed by atoms with Crippen molar-refractivity contribution in [2.45, 2.75) is 104 Å². The van der Waals surface area contributed by atoms with Crippen LogP contribution in [0.5, 0.6) is 0 Å². The van der Waals surface area contributed by atoms with E-state index in [1.165, 1.54) is 13.8 Å². The number of hydrogen-bond donors (Lipinski definition) is 1. The maximum atomic E-state index is 13.2. The van der Waals surface area contributed by atoms with Crippen LogP contribution in [0.15, 0.2) is 12.3 Å². The van der Waals surface area contributed by atoms with Crippen molar-refractivity contribution < 1.29 is 47.9 Å². The number of rotatable bonds is 7. The molecule has 0 aromatic carbocycles. The fraction of sp³-hybridized carbons (Fsp3) is 0.828. The molecule has 39 heavy (non-hydrogen) atoms. The van der Waals surface area contributed by atoms with Crippen LogP contribution in [-0.4, -0.2) is 72.5 Å². The number of epoxide rings is 1. The molecule has 2 saturated carbocycles. The van der Waals surface area contributed by atoms with Crippen molar-refractivity contribution in [3.05, 3.63) is 12.3 Å². The van der Waals surface area contributed by atoms with Gasteiger partial charge in [0.25, 0.3) is 0 Å². The molecule has 3 heterocycles. The Morgan fingerprint density at radius 1 is 1.13 bits per heavy atom. The topological polar surface area (TPSA) is 130 Å². The molecule has 1 N–H and O–H groups in total. The summed E-state index contributed by atoms with van der Waals surface area (Å²) in [4.78, 5) is 37.9. The molecule has 4 fully saturated rings. The molecule has 0 aromatic heterocycles. The van der Waals surface area contributed by atoms with E-state index in [1.807, 2.05) is 19.9 Å². The molecule has 12 atom stereocenters. The van der Waals surface area contributed by atoms with Gasteiger partial charge in [-0.3, -0.25) is 14.4 Å². The summed E-state index contributed by atoms with van der Waals surface area (Å²) in [6.07, 6.45) is 2.36. The number of aliphatic hydroxyl groups is 1. The summed E-state index contributed by atoms with van der Waals surface area (Å²) < 4.78 is 36.3. The highest BCUT2D eigenvalue weighted by Crippen LogP contribution is 2.70. The zero-order valence-electron chi connectivity index (χ0n) is 23.7. The van der Waals surface area contributed by atoms with Gasteiger partial charge in [-0.2, -0.15) is 0 Å². The molecular weight excluding hydrogens is 508 g/mol. The summed E-state index contributed by atoms with van der Waals surface area (Å²) in [5.74, 6) is -2.16. The fourth-order valence-electron chi connectivity index (χ4n) is 8.06. The van der Waals surface area contributed by atoms with Crippen molar-refractivity contribution >= 4 is 17.9 Å². The lowest BCUT2D eigenvalue weighted by Gasteiger charge is -2.65. The quantitative estimate of drug-likeness (QED) is 0.287. The second-order valence-corrected chi connectivity index (χ2v) is 12.5. The molecule has 3 aliphatic heterocycles. The van der Waals surface area contributed by atoms with Crippen molar-refractivity contribution in [2.24, 2.45) is 34.5 Å². The minimum absolute atomic E-state index is 0.0547. The number of carbonyl (C=O) groups excluding carboxylic acids is 3. The van der Waals surface area contributed by atoms with Crippen molar-refractivity contribution in [1.82, 2.24) is 0 Å². The monoisotopic (exact) mass is 550 g/mol. The second-order valence-electron chi connectivity index (χ2n) is 12.5.